The van der Waals surface area contributed by atoms with Crippen LogP contribution in [0.5, 0.6) is 5.75 Å². The Morgan fingerprint density at radius 2 is 1.62 bits per heavy atom. The molecule has 0 fully saturated rings. The van der Waals surface area contributed by atoms with Crippen molar-refractivity contribution in [3.05, 3.63) is 77.9 Å². The molecule has 0 radical (unpaired) electrons. The third-order valence-electron chi connectivity index (χ3n) is 4.31. The standard InChI is InChI=1S/C22H20F2N2O3/c23-22(24)29-19-8-4-3-7-18(19)14-26-20(27)11-12-25-21(28)17-10-9-15-5-1-2-6-16(15)13-17/h1-10,13,22H,11-12,14H2,(H,25,28)(H,26,27). The smallest absolute Gasteiger partial charge is 0.387 e. The first-order valence-corrected chi connectivity index (χ1v) is 9.09. The van der Waals surface area contributed by atoms with E-state index in [1.54, 1.807) is 30.3 Å². The van der Waals surface area contributed by atoms with Gasteiger partial charge in [-0.2, -0.15) is 8.78 Å². The van der Waals surface area contributed by atoms with E-state index < -0.39 is 6.61 Å². The predicted octanol–water partition coefficient (Wildman–Crippen LogP) is 3.88. The topological polar surface area (TPSA) is 67.4 Å². The molecule has 0 bridgehead atoms. The Hall–Kier alpha value is -3.48. The van der Waals surface area contributed by atoms with E-state index in [4.69, 9.17) is 0 Å². The second-order valence-electron chi connectivity index (χ2n) is 6.33. The number of nitrogens with one attached hydrogen (secondary N) is 2. The molecule has 2 amide bonds. The van der Waals surface area contributed by atoms with Gasteiger partial charge in [-0.25, -0.2) is 0 Å². The lowest BCUT2D eigenvalue weighted by Gasteiger charge is -2.11. The van der Waals surface area contributed by atoms with Gasteiger partial charge in [-0.1, -0.05) is 48.5 Å². The molecule has 0 aliphatic carbocycles. The number of benzene rings is 3. The first kappa shape index (κ1) is 20.3. The van der Waals surface area contributed by atoms with E-state index in [9.17, 15) is 18.4 Å². The van der Waals surface area contributed by atoms with Crippen molar-refractivity contribution >= 4 is 22.6 Å². The van der Waals surface area contributed by atoms with Gasteiger partial charge in [0.15, 0.2) is 0 Å². The number of halogens is 2. The number of carbonyl (C=O) groups excluding carboxylic acids is 2. The van der Waals surface area contributed by atoms with Crippen LogP contribution in [-0.2, 0) is 11.3 Å². The van der Waals surface area contributed by atoms with Crippen LogP contribution in [0.3, 0.4) is 0 Å². The van der Waals surface area contributed by atoms with Gasteiger partial charge in [-0.15, -0.1) is 0 Å². The summed E-state index contributed by atoms with van der Waals surface area (Å²) in [4.78, 5) is 24.3. The van der Waals surface area contributed by atoms with E-state index in [-0.39, 0.29) is 37.1 Å². The van der Waals surface area contributed by atoms with Crippen LogP contribution in [0, 0.1) is 0 Å². The summed E-state index contributed by atoms with van der Waals surface area (Å²) in [6, 6.07) is 19.4. The van der Waals surface area contributed by atoms with Gasteiger partial charge in [0, 0.05) is 30.6 Å². The Morgan fingerprint density at radius 3 is 2.41 bits per heavy atom. The minimum atomic E-state index is -2.93. The Kier molecular flexibility index (Phi) is 6.73. The Morgan fingerprint density at radius 1 is 0.897 bits per heavy atom. The molecular weight excluding hydrogens is 378 g/mol. The highest BCUT2D eigenvalue weighted by molar-refractivity contribution is 5.98. The second kappa shape index (κ2) is 9.64. The number of para-hydroxylation sites is 1. The highest BCUT2D eigenvalue weighted by Crippen LogP contribution is 2.20. The van der Waals surface area contributed by atoms with Crippen molar-refractivity contribution in [2.75, 3.05) is 6.54 Å². The largest absolute Gasteiger partial charge is 0.434 e. The Labute approximate surface area is 166 Å². The van der Waals surface area contributed by atoms with Crippen molar-refractivity contribution in [2.45, 2.75) is 19.6 Å². The van der Waals surface area contributed by atoms with Crippen LogP contribution in [0.4, 0.5) is 8.78 Å². The summed E-state index contributed by atoms with van der Waals surface area (Å²) in [7, 11) is 0. The van der Waals surface area contributed by atoms with Gasteiger partial charge < -0.3 is 15.4 Å². The zero-order valence-corrected chi connectivity index (χ0v) is 15.5. The lowest BCUT2D eigenvalue weighted by molar-refractivity contribution is -0.121. The van der Waals surface area contributed by atoms with E-state index in [0.29, 0.717) is 11.1 Å². The van der Waals surface area contributed by atoms with Crippen molar-refractivity contribution in [3.63, 3.8) is 0 Å². The summed E-state index contributed by atoms with van der Waals surface area (Å²) in [5.41, 5.74) is 0.962. The normalized spacial score (nSPS) is 10.7. The molecule has 0 atom stereocenters. The van der Waals surface area contributed by atoms with E-state index >= 15 is 0 Å². The lowest BCUT2D eigenvalue weighted by atomic mass is 10.1. The summed E-state index contributed by atoms with van der Waals surface area (Å²) >= 11 is 0. The zero-order valence-electron chi connectivity index (χ0n) is 15.5. The van der Waals surface area contributed by atoms with Crippen molar-refractivity contribution in [3.8, 4) is 5.75 Å². The fraction of sp³-hybridized carbons (Fsp3) is 0.182. The molecule has 5 nitrogen and oxygen atoms in total. The average molecular weight is 398 g/mol. The van der Waals surface area contributed by atoms with Crippen molar-refractivity contribution < 1.29 is 23.1 Å². The molecular formula is C22H20F2N2O3. The number of hydrogen-bond donors (Lipinski definition) is 2. The lowest BCUT2D eigenvalue weighted by Crippen LogP contribution is -2.30. The number of ether oxygens (including phenoxy) is 1. The number of amides is 2. The van der Waals surface area contributed by atoms with Gasteiger partial charge in [0.1, 0.15) is 5.75 Å². The molecule has 3 rings (SSSR count). The summed E-state index contributed by atoms with van der Waals surface area (Å²) in [5.74, 6) is -0.553. The number of alkyl halides is 2. The average Bonchev–Trinajstić information content (AvgIpc) is 2.72. The minimum Gasteiger partial charge on any atom is -0.434 e. The number of rotatable bonds is 8. The quantitative estimate of drug-likeness (QED) is 0.605. The molecule has 0 saturated heterocycles. The minimum absolute atomic E-state index is 0.0207. The molecule has 0 aromatic heterocycles. The summed E-state index contributed by atoms with van der Waals surface area (Å²) in [6.07, 6.45) is 0.0667. The maximum absolute atomic E-state index is 12.4. The van der Waals surface area contributed by atoms with Crippen LogP contribution in [-0.4, -0.2) is 25.0 Å². The Balaban J connectivity index is 1.46. The SMILES string of the molecule is O=C(CCNC(=O)c1ccc2ccccc2c1)NCc1ccccc1OC(F)F. The van der Waals surface area contributed by atoms with E-state index in [1.165, 1.54) is 6.07 Å². The van der Waals surface area contributed by atoms with Crippen molar-refractivity contribution in [1.29, 1.82) is 0 Å². The summed E-state index contributed by atoms with van der Waals surface area (Å²) < 4.78 is 29.3. The van der Waals surface area contributed by atoms with Gasteiger partial charge in [0.25, 0.3) is 5.91 Å². The van der Waals surface area contributed by atoms with E-state index in [0.717, 1.165) is 10.8 Å². The molecule has 3 aromatic rings. The molecule has 0 saturated carbocycles. The molecule has 7 heteroatoms. The molecule has 2 N–H and O–H groups in total. The maximum atomic E-state index is 12.4. The molecule has 0 aliphatic rings. The van der Waals surface area contributed by atoms with E-state index in [2.05, 4.69) is 15.4 Å². The monoisotopic (exact) mass is 398 g/mol. The fourth-order valence-electron chi connectivity index (χ4n) is 2.87. The van der Waals surface area contributed by atoms with Gasteiger partial charge in [-0.3, -0.25) is 9.59 Å². The third-order valence-corrected chi connectivity index (χ3v) is 4.31. The molecule has 3 aromatic carbocycles. The zero-order chi connectivity index (χ0) is 20.6. The Bertz CT molecular complexity index is 1010. The van der Waals surface area contributed by atoms with Crippen LogP contribution in [0.2, 0.25) is 0 Å². The first-order valence-electron chi connectivity index (χ1n) is 9.09. The van der Waals surface area contributed by atoms with Crippen molar-refractivity contribution in [2.24, 2.45) is 0 Å². The van der Waals surface area contributed by atoms with Crippen LogP contribution in [0.1, 0.15) is 22.3 Å². The molecule has 150 valence electrons. The van der Waals surface area contributed by atoms with Gasteiger partial charge in [0.05, 0.1) is 0 Å². The van der Waals surface area contributed by atoms with Crippen molar-refractivity contribution in [1.82, 2.24) is 10.6 Å². The highest BCUT2D eigenvalue weighted by atomic mass is 19.3. The van der Waals surface area contributed by atoms with Crippen LogP contribution >= 0.6 is 0 Å². The molecule has 0 heterocycles. The van der Waals surface area contributed by atoms with Crippen LogP contribution in [0.15, 0.2) is 66.7 Å². The predicted molar refractivity (Wildman–Crippen MR) is 106 cm³/mol. The maximum Gasteiger partial charge on any atom is 0.387 e. The van der Waals surface area contributed by atoms with Gasteiger partial charge >= 0.3 is 6.61 Å². The highest BCUT2D eigenvalue weighted by Gasteiger charge is 2.11. The van der Waals surface area contributed by atoms with Crippen LogP contribution < -0.4 is 15.4 Å². The number of hydrogen-bond acceptors (Lipinski definition) is 3. The molecule has 0 unspecified atom stereocenters. The fourth-order valence-corrected chi connectivity index (χ4v) is 2.87. The van der Waals surface area contributed by atoms with Gasteiger partial charge in [-0.05, 0) is 29.0 Å². The molecule has 29 heavy (non-hydrogen) atoms. The molecule has 0 aliphatic heterocycles. The summed E-state index contributed by atoms with van der Waals surface area (Å²) in [6.45, 7) is -2.72. The third kappa shape index (κ3) is 5.75. The van der Waals surface area contributed by atoms with E-state index in [1.807, 2.05) is 30.3 Å². The molecule has 0 spiro atoms. The number of fused-ring (bicyclic) bond motifs is 1. The summed E-state index contributed by atoms with van der Waals surface area (Å²) in [5, 5.41) is 7.34. The number of carbonyl (C=O) groups is 2. The second-order valence-corrected chi connectivity index (χ2v) is 6.33. The van der Waals surface area contributed by atoms with Gasteiger partial charge in [0.2, 0.25) is 5.91 Å². The van der Waals surface area contributed by atoms with Crippen LogP contribution in [0.25, 0.3) is 10.8 Å². The first-order chi connectivity index (χ1) is 14.0.